The quantitative estimate of drug-likeness (QED) is 0.392. The van der Waals surface area contributed by atoms with Gasteiger partial charge in [0.25, 0.3) is 0 Å². The number of carbonyl (C=O) groups excluding carboxylic acids is 2. The molecular weight excluding hydrogens is 476 g/mol. The van der Waals surface area contributed by atoms with Crippen molar-refractivity contribution < 1.29 is 14.3 Å². The lowest BCUT2D eigenvalue weighted by molar-refractivity contribution is -0.119. The predicted octanol–water partition coefficient (Wildman–Crippen LogP) is 6.26. The van der Waals surface area contributed by atoms with Gasteiger partial charge in [0.1, 0.15) is 5.75 Å². The summed E-state index contributed by atoms with van der Waals surface area (Å²) in [7, 11) is 0. The first-order chi connectivity index (χ1) is 17.3. The number of amides is 1. The van der Waals surface area contributed by atoms with E-state index >= 15 is 0 Å². The zero-order chi connectivity index (χ0) is 25.8. The molecule has 36 heavy (non-hydrogen) atoms. The van der Waals surface area contributed by atoms with E-state index in [4.69, 9.17) is 21.4 Å². The first-order valence-corrected chi connectivity index (χ1v) is 12.2. The Bertz CT molecular complexity index is 1270. The van der Waals surface area contributed by atoms with Gasteiger partial charge < -0.3 is 10.1 Å². The Balaban J connectivity index is 1.83. The minimum atomic E-state index is -0.496. The second-order valence-corrected chi connectivity index (χ2v) is 9.14. The molecule has 1 N–H and O–H groups in total. The Kier molecular flexibility index (Phi) is 7.60. The fraction of sp³-hybridized carbons (Fsp3) is 0.250. The van der Waals surface area contributed by atoms with Gasteiger partial charge in [-0.25, -0.2) is 5.01 Å². The zero-order valence-corrected chi connectivity index (χ0v) is 21.5. The molecule has 0 aromatic heterocycles. The average molecular weight is 505 g/mol. The molecule has 3 aromatic rings. The van der Waals surface area contributed by atoms with Crippen molar-refractivity contribution in [1.82, 2.24) is 0 Å². The fourth-order valence-corrected chi connectivity index (χ4v) is 4.10. The molecule has 0 bridgehead atoms. The molecule has 3 aromatic carbocycles. The number of carbonyl (C=O) groups is 2. The molecule has 4 rings (SSSR count). The van der Waals surface area contributed by atoms with Crippen molar-refractivity contribution in [3.63, 3.8) is 0 Å². The Morgan fingerprint density at radius 1 is 1.00 bits per heavy atom. The van der Waals surface area contributed by atoms with Gasteiger partial charge in [-0.15, -0.1) is 5.10 Å². The molecule has 186 valence electrons. The minimum absolute atomic E-state index is 0.0626. The minimum Gasteiger partial charge on any atom is -0.493 e. The zero-order valence-electron chi connectivity index (χ0n) is 20.7. The number of para-hydroxylation sites is 1. The lowest BCUT2D eigenvalue weighted by Gasteiger charge is -2.33. The molecule has 0 spiro atoms. The maximum absolute atomic E-state index is 12.8. The van der Waals surface area contributed by atoms with Crippen LogP contribution in [0.15, 0.2) is 77.9 Å². The van der Waals surface area contributed by atoms with Gasteiger partial charge in [-0.3, -0.25) is 14.5 Å². The maximum atomic E-state index is 12.8. The number of benzene rings is 3. The molecule has 0 radical (unpaired) electrons. The van der Waals surface area contributed by atoms with Gasteiger partial charge >= 0.3 is 0 Å². The van der Waals surface area contributed by atoms with Crippen LogP contribution in [0.5, 0.6) is 5.75 Å². The molecular formula is C28H29ClN4O3. The van der Waals surface area contributed by atoms with Crippen LogP contribution in [-0.2, 0) is 9.59 Å². The summed E-state index contributed by atoms with van der Waals surface area (Å²) in [6.07, 6.45) is -0.496. The van der Waals surface area contributed by atoms with Gasteiger partial charge in [0.05, 0.1) is 12.3 Å². The smallest absolute Gasteiger partial charge is 0.226 e. The first kappa shape index (κ1) is 25.3. The summed E-state index contributed by atoms with van der Waals surface area (Å²) < 4.78 is 5.96. The highest BCUT2D eigenvalue weighted by Crippen LogP contribution is 2.42. The van der Waals surface area contributed by atoms with Crippen LogP contribution in [0.4, 0.5) is 17.1 Å². The van der Waals surface area contributed by atoms with Crippen LogP contribution < -0.4 is 20.0 Å². The van der Waals surface area contributed by atoms with Gasteiger partial charge in [0, 0.05) is 34.8 Å². The molecule has 1 heterocycles. The van der Waals surface area contributed by atoms with Crippen LogP contribution >= 0.6 is 11.6 Å². The third-order valence-electron chi connectivity index (χ3n) is 5.75. The standard InChI is InChI=1S/C28H29ClN4O3/c1-5-36-25-9-7-6-8-24(25)28-32(22-16-12-21(13-17-22)30-27(35)18(2)3)26(19(4)34)31-33(28)23-14-10-20(29)11-15-23/h6-18,28H,5H2,1-4H3,(H,30,35)/t28-/m1/s1. The van der Waals surface area contributed by atoms with E-state index in [2.05, 4.69) is 5.32 Å². The number of rotatable bonds is 8. The average Bonchev–Trinajstić information content (AvgIpc) is 3.26. The summed E-state index contributed by atoms with van der Waals surface area (Å²) in [6.45, 7) is 7.61. The van der Waals surface area contributed by atoms with Crippen LogP contribution in [0, 0.1) is 5.92 Å². The van der Waals surface area contributed by atoms with E-state index in [0.29, 0.717) is 28.9 Å². The number of hydrogen-bond donors (Lipinski definition) is 1. The number of hydrazone groups is 1. The van der Waals surface area contributed by atoms with Gasteiger partial charge in [-0.1, -0.05) is 43.6 Å². The van der Waals surface area contributed by atoms with Crippen molar-refractivity contribution in [3.05, 3.63) is 83.4 Å². The van der Waals surface area contributed by atoms with E-state index < -0.39 is 6.17 Å². The Labute approximate surface area is 216 Å². The Morgan fingerprint density at radius 3 is 2.25 bits per heavy atom. The molecule has 1 aliphatic rings. The van der Waals surface area contributed by atoms with Gasteiger partial charge in [0.2, 0.25) is 5.91 Å². The lowest BCUT2D eigenvalue weighted by atomic mass is 10.1. The third kappa shape index (κ3) is 5.21. The van der Waals surface area contributed by atoms with E-state index in [-0.39, 0.29) is 17.6 Å². The Hall–Kier alpha value is -3.84. The van der Waals surface area contributed by atoms with E-state index in [1.165, 1.54) is 6.92 Å². The molecule has 1 atom stereocenters. The third-order valence-corrected chi connectivity index (χ3v) is 6.00. The number of Topliss-reactive ketones (excluding diaryl/α,β-unsaturated/α-hetero) is 1. The van der Waals surface area contributed by atoms with Crippen molar-refractivity contribution >= 4 is 46.2 Å². The number of ether oxygens (including phenoxy) is 1. The highest BCUT2D eigenvalue weighted by Gasteiger charge is 2.40. The molecule has 0 unspecified atom stereocenters. The van der Waals surface area contributed by atoms with Gasteiger partial charge in [0.15, 0.2) is 17.8 Å². The van der Waals surface area contributed by atoms with E-state index in [1.807, 2.05) is 86.3 Å². The number of nitrogens with one attached hydrogen (secondary N) is 1. The summed E-state index contributed by atoms with van der Waals surface area (Å²) in [6, 6.07) is 22.4. The topological polar surface area (TPSA) is 74.2 Å². The number of anilines is 3. The van der Waals surface area contributed by atoms with Crippen LogP contribution in [0.1, 0.15) is 39.4 Å². The fourth-order valence-electron chi connectivity index (χ4n) is 3.97. The van der Waals surface area contributed by atoms with Gasteiger partial charge in [-0.05, 0) is 61.5 Å². The molecule has 0 saturated carbocycles. The molecule has 0 aliphatic carbocycles. The van der Waals surface area contributed by atoms with E-state index in [1.54, 1.807) is 17.1 Å². The van der Waals surface area contributed by atoms with Crippen molar-refractivity contribution in [2.45, 2.75) is 33.9 Å². The van der Waals surface area contributed by atoms with Crippen molar-refractivity contribution in [3.8, 4) is 5.75 Å². The molecule has 7 nitrogen and oxygen atoms in total. The number of amidine groups is 1. The van der Waals surface area contributed by atoms with Crippen LogP contribution in [-0.4, -0.2) is 24.1 Å². The predicted molar refractivity (Wildman–Crippen MR) is 145 cm³/mol. The van der Waals surface area contributed by atoms with Crippen molar-refractivity contribution in [1.29, 1.82) is 0 Å². The highest BCUT2D eigenvalue weighted by atomic mass is 35.5. The largest absolute Gasteiger partial charge is 0.493 e. The Morgan fingerprint density at radius 2 is 1.64 bits per heavy atom. The van der Waals surface area contributed by atoms with E-state index in [9.17, 15) is 9.59 Å². The van der Waals surface area contributed by atoms with Crippen LogP contribution in [0.25, 0.3) is 0 Å². The van der Waals surface area contributed by atoms with Crippen molar-refractivity contribution in [2.75, 3.05) is 21.8 Å². The summed E-state index contributed by atoms with van der Waals surface area (Å²) in [4.78, 5) is 26.9. The summed E-state index contributed by atoms with van der Waals surface area (Å²) in [5.74, 6) is 0.622. The first-order valence-electron chi connectivity index (χ1n) is 11.9. The number of halogens is 1. The number of nitrogens with zero attached hydrogens (tertiary/aromatic N) is 3. The van der Waals surface area contributed by atoms with Gasteiger partial charge in [-0.2, -0.15) is 0 Å². The second kappa shape index (κ2) is 10.8. The number of hydrogen-bond acceptors (Lipinski definition) is 6. The molecule has 8 heteroatoms. The molecule has 0 saturated heterocycles. The normalized spacial score (nSPS) is 15.2. The second-order valence-electron chi connectivity index (χ2n) is 8.71. The molecule has 0 fully saturated rings. The lowest BCUT2D eigenvalue weighted by Crippen LogP contribution is -2.38. The summed E-state index contributed by atoms with van der Waals surface area (Å²) >= 11 is 6.14. The maximum Gasteiger partial charge on any atom is 0.226 e. The van der Waals surface area contributed by atoms with Crippen molar-refractivity contribution in [2.24, 2.45) is 11.0 Å². The van der Waals surface area contributed by atoms with E-state index in [0.717, 1.165) is 16.9 Å². The highest BCUT2D eigenvalue weighted by molar-refractivity contribution is 6.44. The number of ketones is 1. The monoisotopic (exact) mass is 504 g/mol. The van der Waals surface area contributed by atoms with Crippen LogP contribution in [0.3, 0.4) is 0 Å². The SMILES string of the molecule is CCOc1ccccc1[C@H]1N(c2ccc(Cl)cc2)N=C(C(C)=O)N1c1ccc(NC(=O)C(C)C)cc1. The van der Waals surface area contributed by atoms with Crippen LogP contribution in [0.2, 0.25) is 5.02 Å². The molecule has 1 amide bonds. The summed E-state index contributed by atoms with van der Waals surface area (Å²) in [5, 5.41) is 10.1. The molecule has 1 aliphatic heterocycles. The summed E-state index contributed by atoms with van der Waals surface area (Å²) in [5.41, 5.74) is 3.06.